The number of nitro benzene ring substituents is 1. The van der Waals surface area contributed by atoms with Gasteiger partial charge in [-0.2, -0.15) is 8.42 Å². The number of non-ortho nitro benzene ring substituents is 1. The van der Waals surface area contributed by atoms with Gasteiger partial charge >= 0.3 is 16.1 Å². The molecule has 0 bridgehead atoms. The van der Waals surface area contributed by atoms with Crippen LogP contribution < -0.4 is 4.18 Å². The third-order valence-corrected chi connectivity index (χ3v) is 5.95. The van der Waals surface area contributed by atoms with Crippen LogP contribution in [0.1, 0.15) is 11.1 Å². The molecule has 4 rings (SSSR count). The van der Waals surface area contributed by atoms with Gasteiger partial charge in [0.1, 0.15) is 10.6 Å². The summed E-state index contributed by atoms with van der Waals surface area (Å²) in [6, 6.07) is 16.9. The zero-order valence-corrected chi connectivity index (χ0v) is 18.1. The molecule has 3 aromatic rings. The average Bonchev–Trinajstić information content (AvgIpc) is 3.15. The Hall–Kier alpha value is -4.02. The van der Waals surface area contributed by atoms with Crippen molar-refractivity contribution < 1.29 is 27.1 Å². The number of nitrogens with zero attached hydrogens (tertiary/aromatic N) is 2. The molecular formula is C22H13ClN2O7S. The summed E-state index contributed by atoms with van der Waals surface area (Å²) in [5.74, 6) is -0.451. The normalized spacial score (nSPS) is 14.6. The van der Waals surface area contributed by atoms with Gasteiger partial charge in [-0.15, -0.1) is 0 Å². The minimum Gasteiger partial charge on any atom is -0.402 e. The lowest BCUT2D eigenvalue weighted by atomic mass is 10.2. The Labute approximate surface area is 192 Å². The van der Waals surface area contributed by atoms with Crippen molar-refractivity contribution >= 4 is 45.3 Å². The number of aliphatic imine (C=N–C) groups is 1. The number of nitro groups is 1. The van der Waals surface area contributed by atoms with Crippen molar-refractivity contribution in [1.82, 2.24) is 0 Å². The zero-order chi connectivity index (χ0) is 23.6. The van der Waals surface area contributed by atoms with Crippen molar-refractivity contribution in [2.24, 2.45) is 4.99 Å². The lowest BCUT2D eigenvalue weighted by Crippen LogP contribution is -2.09. The Morgan fingerprint density at radius 2 is 1.61 bits per heavy atom. The molecule has 0 saturated carbocycles. The third-order valence-electron chi connectivity index (χ3n) is 4.44. The van der Waals surface area contributed by atoms with E-state index in [2.05, 4.69) is 4.99 Å². The Bertz CT molecular complexity index is 1400. The fourth-order valence-corrected chi connectivity index (χ4v) is 3.87. The summed E-state index contributed by atoms with van der Waals surface area (Å²) in [6.45, 7) is 0. The second-order valence-corrected chi connectivity index (χ2v) is 8.68. The van der Waals surface area contributed by atoms with Crippen LogP contribution in [-0.2, 0) is 19.6 Å². The van der Waals surface area contributed by atoms with E-state index in [4.69, 9.17) is 20.5 Å². The molecule has 0 saturated heterocycles. The Morgan fingerprint density at radius 1 is 0.970 bits per heavy atom. The molecule has 0 atom stereocenters. The monoisotopic (exact) mass is 484 g/mol. The van der Waals surface area contributed by atoms with Crippen LogP contribution in [0, 0.1) is 10.1 Å². The van der Waals surface area contributed by atoms with Crippen molar-refractivity contribution in [3.63, 3.8) is 0 Å². The molecule has 33 heavy (non-hydrogen) atoms. The van der Waals surface area contributed by atoms with Gasteiger partial charge in [0.05, 0.1) is 4.92 Å². The molecule has 0 unspecified atom stereocenters. The predicted octanol–water partition coefficient (Wildman–Crippen LogP) is 4.36. The van der Waals surface area contributed by atoms with E-state index in [-0.39, 0.29) is 27.9 Å². The number of cyclic esters (lactones) is 1. The molecule has 0 fully saturated rings. The fourth-order valence-electron chi connectivity index (χ4n) is 2.81. The summed E-state index contributed by atoms with van der Waals surface area (Å²) in [5, 5.41) is 11.2. The summed E-state index contributed by atoms with van der Waals surface area (Å²) in [5.41, 5.74) is 0.991. The summed E-state index contributed by atoms with van der Waals surface area (Å²) in [4.78, 5) is 26.2. The van der Waals surface area contributed by atoms with Gasteiger partial charge in [0.15, 0.2) is 5.70 Å². The highest BCUT2D eigenvalue weighted by Crippen LogP contribution is 2.24. The van der Waals surface area contributed by atoms with E-state index in [1.807, 2.05) is 0 Å². The molecule has 0 radical (unpaired) electrons. The first-order valence-corrected chi connectivity index (χ1v) is 11.1. The van der Waals surface area contributed by atoms with Crippen LogP contribution in [-0.4, -0.2) is 25.2 Å². The topological polar surface area (TPSA) is 125 Å². The predicted molar refractivity (Wildman–Crippen MR) is 119 cm³/mol. The second-order valence-electron chi connectivity index (χ2n) is 6.70. The van der Waals surface area contributed by atoms with Gasteiger partial charge in [0.25, 0.3) is 5.69 Å². The van der Waals surface area contributed by atoms with Crippen molar-refractivity contribution in [3.05, 3.63) is 105 Å². The van der Waals surface area contributed by atoms with Gasteiger partial charge in [-0.1, -0.05) is 23.7 Å². The van der Waals surface area contributed by atoms with Crippen molar-refractivity contribution in [2.45, 2.75) is 4.90 Å². The highest BCUT2D eigenvalue weighted by molar-refractivity contribution is 7.87. The summed E-state index contributed by atoms with van der Waals surface area (Å²) >= 11 is 5.86. The van der Waals surface area contributed by atoms with E-state index in [1.54, 1.807) is 24.3 Å². The number of hydrogen-bond acceptors (Lipinski definition) is 8. The number of halogens is 1. The van der Waals surface area contributed by atoms with Crippen LogP contribution >= 0.6 is 11.6 Å². The van der Waals surface area contributed by atoms with E-state index >= 15 is 0 Å². The highest BCUT2D eigenvalue weighted by Gasteiger charge is 2.24. The van der Waals surface area contributed by atoms with Crippen LogP contribution in [0.4, 0.5) is 5.69 Å². The van der Waals surface area contributed by atoms with E-state index in [1.165, 1.54) is 30.3 Å². The maximum atomic E-state index is 12.4. The van der Waals surface area contributed by atoms with Gasteiger partial charge in [-0.3, -0.25) is 10.1 Å². The highest BCUT2D eigenvalue weighted by atomic mass is 35.5. The minimum atomic E-state index is -4.18. The lowest BCUT2D eigenvalue weighted by Gasteiger charge is -2.07. The number of rotatable bonds is 6. The van der Waals surface area contributed by atoms with E-state index in [9.17, 15) is 23.3 Å². The molecule has 1 aliphatic rings. The summed E-state index contributed by atoms with van der Waals surface area (Å²) in [6.07, 6.45) is 1.49. The van der Waals surface area contributed by atoms with E-state index in [0.29, 0.717) is 16.1 Å². The molecule has 1 heterocycles. The fraction of sp³-hybridized carbons (Fsp3) is 0. The summed E-state index contributed by atoms with van der Waals surface area (Å²) < 4.78 is 35.0. The standard InChI is InChI=1S/C22H13ClN2O7S/c23-16-5-3-15(4-6-16)21-24-20(22(26)31-21)13-14-1-9-18(10-2-14)32-33(29,30)19-11-7-17(8-12-19)25(27)28/h1-13H/b20-13-. The number of carbonyl (C=O) groups excluding carboxylic acids is 1. The molecule has 0 aromatic heterocycles. The van der Waals surface area contributed by atoms with E-state index < -0.39 is 21.0 Å². The zero-order valence-electron chi connectivity index (χ0n) is 16.5. The smallest absolute Gasteiger partial charge is 0.363 e. The number of hydrogen-bond donors (Lipinski definition) is 0. The molecule has 11 heteroatoms. The van der Waals surface area contributed by atoms with Crippen LogP contribution in [0.5, 0.6) is 5.75 Å². The van der Waals surface area contributed by atoms with Crippen LogP contribution in [0.25, 0.3) is 6.08 Å². The largest absolute Gasteiger partial charge is 0.402 e. The number of carbonyl (C=O) groups is 1. The minimum absolute atomic E-state index is 0.0230. The Kier molecular flexibility index (Phi) is 5.95. The second kappa shape index (κ2) is 8.85. The van der Waals surface area contributed by atoms with Crippen LogP contribution in [0.3, 0.4) is 0 Å². The maximum absolute atomic E-state index is 12.4. The molecule has 0 N–H and O–H groups in total. The van der Waals surface area contributed by atoms with Gasteiger partial charge in [0, 0.05) is 22.7 Å². The average molecular weight is 485 g/mol. The number of esters is 1. The first-order valence-electron chi connectivity index (χ1n) is 9.29. The molecule has 9 nitrogen and oxygen atoms in total. The molecule has 0 spiro atoms. The number of benzene rings is 3. The molecule has 0 aliphatic carbocycles. The maximum Gasteiger partial charge on any atom is 0.363 e. The van der Waals surface area contributed by atoms with Crippen LogP contribution in [0.15, 0.2) is 88.4 Å². The SMILES string of the molecule is O=C1OC(c2ccc(Cl)cc2)=N/C1=C\c1ccc(OS(=O)(=O)c2ccc([N+](=O)[O-])cc2)cc1. The molecule has 166 valence electrons. The number of ether oxygens (including phenoxy) is 1. The van der Waals surface area contributed by atoms with Gasteiger partial charge in [0.2, 0.25) is 5.90 Å². The Balaban J connectivity index is 1.50. The summed E-state index contributed by atoms with van der Waals surface area (Å²) in [7, 11) is -4.18. The van der Waals surface area contributed by atoms with Crippen molar-refractivity contribution in [1.29, 1.82) is 0 Å². The quantitative estimate of drug-likeness (QED) is 0.167. The molecular weight excluding hydrogens is 472 g/mol. The van der Waals surface area contributed by atoms with E-state index in [0.717, 1.165) is 24.3 Å². The van der Waals surface area contributed by atoms with Crippen molar-refractivity contribution in [3.8, 4) is 5.75 Å². The molecule has 0 amide bonds. The molecule has 3 aromatic carbocycles. The molecule has 1 aliphatic heterocycles. The van der Waals surface area contributed by atoms with Gasteiger partial charge in [-0.05, 0) is 60.2 Å². The Morgan fingerprint density at radius 3 is 2.21 bits per heavy atom. The lowest BCUT2D eigenvalue weighted by molar-refractivity contribution is -0.384. The van der Waals surface area contributed by atoms with Crippen molar-refractivity contribution in [2.75, 3.05) is 0 Å². The van der Waals surface area contributed by atoms with Gasteiger partial charge in [-0.25, -0.2) is 9.79 Å². The first-order chi connectivity index (χ1) is 15.7. The van der Waals surface area contributed by atoms with Crippen LogP contribution in [0.2, 0.25) is 5.02 Å². The third kappa shape index (κ3) is 5.08. The first kappa shape index (κ1) is 22.2. The van der Waals surface area contributed by atoms with Gasteiger partial charge < -0.3 is 8.92 Å².